The Balaban J connectivity index is 2.63. The Morgan fingerprint density at radius 2 is 2.27 bits per heavy atom. The number of hydrogen-bond acceptors (Lipinski definition) is 3. The van der Waals surface area contributed by atoms with Crippen molar-refractivity contribution in [2.75, 3.05) is 4.43 Å². The Morgan fingerprint density at radius 3 is 2.73 bits per heavy atom. The van der Waals surface area contributed by atoms with Gasteiger partial charge < -0.3 is 5.32 Å². The Bertz CT molecular complexity index is 316. The first-order valence-corrected chi connectivity index (χ1v) is 6.31. The lowest BCUT2D eigenvalue weighted by Crippen LogP contribution is -2.39. The Hall–Kier alpha value is -0.720. The van der Waals surface area contributed by atoms with E-state index in [0.29, 0.717) is 11.5 Å². The van der Waals surface area contributed by atoms with Crippen LogP contribution < -0.4 is 5.32 Å². The van der Waals surface area contributed by atoms with Crippen molar-refractivity contribution in [1.82, 2.24) is 15.5 Å². The van der Waals surface area contributed by atoms with Gasteiger partial charge in [0.15, 0.2) is 0 Å². The van der Waals surface area contributed by atoms with Crippen molar-refractivity contribution < 1.29 is 4.79 Å². The molecule has 1 unspecified atom stereocenters. The molecule has 1 atom stereocenters. The van der Waals surface area contributed by atoms with Crippen LogP contribution in [0.5, 0.6) is 0 Å². The molecule has 5 heteroatoms. The third-order valence-corrected chi connectivity index (χ3v) is 3.08. The summed E-state index contributed by atoms with van der Waals surface area (Å²) in [6.07, 6.45) is 2.99. The highest BCUT2D eigenvalue weighted by atomic mass is 127. The predicted octanol–water partition coefficient (Wildman–Crippen LogP) is 1.67. The van der Waals surface area contributed by atoms with Gasteiger partial charge in [0.1, 0.15) is 0 Å². The maximum absolute atomic E-state index is 11.7. The van der Waals surface area contributed by atoms with Crippen molar-refractivity contribution in [3.63, 3.8) is 0 Å². The van der Waals surface area contributed by atoms with Crippen LogP contribution in [0.25, 0.3) is 0 Å². The maximum Gasteiger partial charge on any atom is 0.253 e. The molecular formula is C10H14IN3O. The number of rotatable bonds is 4. The van der Waals surface area contributed by atoms with Crippen molar-refractivity contribution in [1.29, 1.82) is 0 Å². The van der Waals surface area contributed by atoms with Gasteiger partial charge in [-0.15, -0.1) is 0 Å². The summed E-state index contributed by atoms with van der Waals surface area (Å²) in [6.45, 7) is 4.18. The summed E-state index contributed by atoms with van der Waals surface area (Å²) in [6, 6.07) is 1.86. The van der Waals surface area contributed by atoms with Crippen molar-refractivity contribution in [3.8, 4) is 0 Å². The fraction of sp³-hybridized carbons (Fsp3) is 0.500. The highest BCUT2D eigenvalue weighted by molar-refractivity contribution is 14.1. The minimum atomic E-state index is -0.0831. The van der Waals surface area contributed by atoms with E-state index in [-0.39, 0.29) is 11.9 Å². The SMILES string of the molecule is CC(C)C(CI)NC(=O)c1ccnnc1. The van der Waals surface area contributed by atoms with Gasteiger partial charge in [-0.05, 0) is 12.0 Å². The van der Waals surface area contributed by atoms with E-state index in [1.807, 2.05) is 0 Å². The van der Waals surface area contributed by atoms with Gasteiger partial charge in [-0.1, -0.05) is 36.4 Å². The highest BCUT2D eigenvalue weighted by Gasteiger charge is 2.15. The normalized spacial score (nSPS) is 12.5. The van der Waals surface area contributed by atoms with E-state index in [1.165, 1.54) is 12.4 Å². The monoisotopic (exact) mass is 319 g/mol. The number of hydrogen-bond donors (Lipinski definition) is 1. The van der Waals surface area contributed by atoms with Crippen molar-refractivity contribution >= 4 is 28.5 Å². The summed E-state index contributed by atoms with van der Waals surface area (Å²) in [4.78, 5) is 11.7. The van der Waals surface area contributed by atoms with Crippen LogP contribution in [0.4, 0.5) is 0 Å². The zero-order valence-electron chi connectivity index (χ0n) is 8.77. The van der Waals surface area contributed by atoms with E-state index >= 15 is 0 Å². The summed E-state index contributed by atoms with van der Waals surface area (Å²) in [5, 5.41) is 10.3. The van der Waals surface area contributed by atoms with Gasteiger partial charge in [0, 0.05) is 10.5 Å². The second-order valence-electron chi connectivity index (χ2n) is 3.61. The number of nitrogens with zero attached hydrogens (tertiary/aromatic N) is 2. The van der Waals surface area contributed by atoms with Crippen LogP contribution in [0.3, 0.4) is 0 Å². The van der Waals surface area contributed by atoms with Gasteiger partial charge in [-0.3, -0.25) is 4.79 Å². The number of amides is 1. The summed E-state index contributed by atoms with van der Waals surface area (Å²) in [5.74, 6) is 0.348. The van der Waals surface area contributed by atoms with Gasteiger partial charge in [0.25, 0.3) is 5.91 Å². The Labute approximate surface area is 103 Å². The average Bonchev–Trinajstić information content (AvgIpc) is 2.26. The van der Waals surface area contributed by atoms with Crippen molar-refractivity contribution in [3.05, 3.63) is 24.0 Å². The number of nitrogens with one attached hydrogen (secondary N) is 1. The first-order chi connectivity index (χ1) is 7.15. The van der Waals surface area contributed by atoms with E-state index in [1.54, 1.807) is 6.07 Å². The van der Waals surface area contributed by atoms with Crippen LogP contribution in [-0.2, 0) is 0 Å². The van der Waals surface area contributed by atoms with Crippen LogP contribution in [-0.4, -0.2) is 26.6 Å². The molecule has 1 rings (SSSR count). The molecule has 0 aromatic carbocycles. The molecule has 4 nitrogen and oxygen atoms in total. The molecule has 1 heterocycles. The summed E-state index contributed by atoms with van der Waals surface area (Å²) in [5.41, 5.74) is 0.556. The topological polar surface area (TPSA) is 54.9 Å². The maximum atomic E-state index is 11.7. The minimum Gasteiger partial charge on any atom is -0.348 e. The number of alkyl halides is 1. The number of carbonyl (C=O) groups excluding carboxylic acids is 1. The molecule has 0 radical (unpaired) electrons. The molecule has 0 spiro atoms. The highest BCUT2D eigenvalue weighted by Crippen LogP contribution is 2.06. The van der Waals surface area contributed by atoms with E-state index in [4.69, 9.17) is 0 Å². The molecule has 1 N–H and O–H groups in total. The smallest absolute Gasteiger partial charge is 0.253 e. The first-order valence-electron chi connectivity index (χ1n) is 4.78. The lowest BCUT2D eigenvalue weighted by molar-refractivity contribution is 0.0931. The summed E-state index contributed by atoms with van der Waals surface area (Å²) >= 11 is 2.27. The molecule has 0 bridgehead atoms. The number of halogens is 1. The van der Waals surface area contributed by atoms with E-state index in [0.717, 1.165) is 4.43 Å². The van der Waals surface area contributed by atoms with E-state index < -0.39 is 0 Å². The molecular weight excluding hydrogens is 305 g/mol. The fourth-order valence-corrected chi connectivity index (χ4v) is 2.30. The molecule has 0 aliphatic rings. The van der Waals surface area contributed by atoms with E-state index in [2.05, 4.69) is 52.0 Å². The first kappa shape index (κ1) is 12.4. The second-order valence-corrected chi connectivity index (χ2v) is 4.49. The zero-order valence-corrected chi connectivity index (χ0v) is 10.9. The molecule has 15 heavy (non-hydrogen) atoms. The van der Waals surface area contributed by atoms with Crippen molar-refractivity contribution in [2.45, 2.75) is 19.9 Å². The minimum absolute atomic E-state index is 0.0831. The summed E-state index contributed by atoms with van der Waals surface area (Å²) < 4.78 is 0.902. The third-order valence-electron chi connectivity index (χ3n) is 2.13. The van der Waals surface area contributed by atoms with Crippen LogP contribution in [0.15, 0.2) is 18.5 Å². The average molecular weight is 319 g/mol. The van der Waals surface area contributed by atoms with Crippen LogP contribution in [0.1, 0.15) is 24.2 Å². The fourth-order valence-electron chi connectivity index (χ4n) is 1.06. The number of aromatic nitrogens is 2. The molecule has 82 valence electrons. The van der Waals surface area contributed by atoms with Gasteiger partial charge in [-0.2, -0.15) is 10.2 Å². The van der Waals surface area contributed by atoms with Gasteiger partial charge in [-0.25, -0.2) is 0 Å². The molecule has 1 aromatic heterocycles. The molecule has 0 saturated heterocycles. The standard InChI is InChI=1S/C10H14IN3O/c1-7(2)9(5-11)14-10(15)8-3-4-12-13-6-8/h3-4,6-7,9H,5H2,1-2H3,(H,14,15). The molecule has 0 aliphatic heterocycles. The quantitative estimate of drug-likeness (QED) is 0.678. The molecule has 1 aromatic rings. The molecule has 0 aliphatic carbocycles. The second kappa shape index (κ2) is 5.99. The van der Waals surface area contributed by atoms with Crippen LogP contribution in [0, 0.1) is 5.92 Å². The zero-order chi connectivity index (χ0) is 11.3. The molecule has 1 amide bonds. The largest absolute Gasteiger partial charge is 0.348 e. The molecule has 0 fully saturated rings. The third kappa shape index (κ3) is 3.73. The lowest BCUT2D eigenvalue weighted by Gasteiger charge is -2.19. The Morgan fingerprint density at radius 1 is 1.53 bits per heavy atom. The predicted molar refractivity (Wildman–Crippen MR) is 67.0 cm³/mol. The van der Waals surface area contributed by atoms with Gasteiger partial charge in [0.2, 0.25) is 0 Å². The van der Waals surface area contributed by atoms with E-state index in [9.17, 15) is 4.79 Å². The number of carbonyl (C=O) groups is 1. The molecule has 0 saturated carbocycles. The van der Waals surface area contributed by atoms with Crippen LogP contribution >= 0.6 is 22.6 Å². The van der Waals surface area contributed by atoms with Crippen molar-refractivity contribution in [2.24, 2.45) is 5.92 Å². The van der Waals surface area contributed by atoms with Gasteiger partial charge in [0.05, 0.1) is 18.0 Å². The Kier molecular flexibility index (Phi) is 4.93. The van der Waals surface area contributed by atoms with Gasteiger partial charge >= 0.3 is 0 Å². The summed E-state index contributed by atoms with van der Waals surface area (Å²) in [7, 11) is 0. The van der Waals surface area contributed by atoms with Crippen LogP contribution in [0.2, 0.25) is 0 Å². The lowest BCUT2D eigenvalue weighted by atomic mass is 10.1.